The van der Waals surface area contributed by atoms with E-state index < -0.39 is 36.6 Å². The van der Waals surface area contributed by atoms with Crippen LogP contribution in [0, 0.1) is 0 Å². The molecule has 0 radical (unpaired) electrons. The van der Waals surface area contributed by atoms with Crippen LogP contribution in [-0.2, 0) is 16.0 Å². The van der Waals surface area contributed by atoms with Crippen LogP contribution in [0.2, 0.25) is 0 Å². The normalized spacial score (nSPS) is 21.2. The van der Waals surface area contributed by atoms with Gasteiger partial charge in [-0.3, -0.25) is 9.59 Å². The Morgan fingerprint density at radius 1 is 1.12 bits per heavy atom. The zero-order valence-electron chi connectivity index (χ0n) is 12.9. The standard InChI is InChI=1S/C16H19F3N2O3/c17-16(18,19)9-10-5-1-2-6-11(10)20-14(23)15(24)21-12-7-3-4-8-13(12)22/h1-2,5-6,12-13,22H,3-4,7-9H2,(H,20,23)(H,21,24). The molecule has 1 aliphatic rings. The molecule has 132 valence electrons. The molecule has 0 spiro atoms. The van der Waals surface area contributed by atoms with E-state index in [4.69, 9.17) is 0 Å². The number of aliphatic hydroxyl groups is 1. The highest BCUT2D eigenvalue weighted by Crippen LogP contribution is 2.26. The number of halogens is 3. The predicted molar refractivity (Wildman–Crippen MR) is 81.2 cm³/mol. The number of benzene rings is 1. The molecule has 2 unspecified atom stereocenters. The van der Waals surface area contributed by atoms with Gasteiger partial charge in [0.15, 0.2) is 0 Å². The van der Waals surface area contributed by atoms with E-state index in [9.17, 15) is 27.9 Å². The molecule has 0 aromatic heterocycles. The fourth-order valence-corrected chi connectivity index (χ4v) is 2.71. The zero-order valence-corrected chi connectivity index (χ0v) is 12.9. The van der Waals surface area contributed by atoms with Crippen LogP contribution < -0.4 is 10.6 Å². The van der Waals surface area contributed by atoms with E-state index in [0.29, 0.717) is 12.8 Å². The van der Waals surface area contributed by atoms with Gasteiger partial charge in [-0.05, 0) is 24.5 Å². The minimum atomic E-state index is -4.42. The van der Waals surface area contributed by atoms with Crippen molar-refractivity contribution in [1.82, 2.24) is 5.32 Å². The largest absolute Gasteiger partial charge is 0.393 e. The Labute approximate surface area is 137 Å². The van der Waals surface area contributed by atoms with Gasteiger partial charge in [-0.25, -0.2) is 0 Å². The summed E-state index contributed by atoms with van der Waals surface area (Å²) in [7, 11) is 0. The van der Waals surface area contributed by atoms with Crippen LogP contribution in [0.5, 0.6) is 0 Å². The number of hydrogen-bond acceptors (Lipinski definition) is 3. The van der Waals surface area contributed by atoms with Gasteiger partial charge in [-0.2, -0.15) is 13.2 Å². The number of carbonyl (C=O) groups excluding carboxylic acids is 2. The van der Waals surface area contributed by atoms with Gasteiger partial charge in [0.25, 0.3) is 0 Å². The molecule has 1 aliphatic carbocycles. The first-order chi connectivity index (χ1) is 11.3. The summed E-state index contributed by atoms with van der Waals surface area (Å²) >= 11 is 0. The number of carbonyl (C=O) groups is 2. The SMILES string of the molecule is O=C(Nc1ccccc1CC(F)(F)F)C(=O)NC1CCCCC1O. The van der Waals surface area contributed by atoms with Crippen molar-refractivity contribution in [3.63, 3.8) is 0 Å². The van der Waals surface area contributed by atoms with Gasteiger partial charge in [0.1, 0.15) is 0 Å². The topological polar surface area (TPSA) is 78.4 Å². The van der Waals surface area contributed by atoms with Crippen LogP contribution in [0.3, 0.4) is 0 Å². The van der Waals surface area contributed by atoms with Crippen molar-refractivity contribution in [3.8, 4) is 0 Å². The average molecular weight is 344 g/mol. The monoisotopic (exact) mass is 344 g/mol. The van der Waals surface area contributed by atoms with Crippen molar-refractivity contribution >= 4 is 17.5 Å². The molecule has 2 atom stereocenters. The molecular formula is C16H19F3N2O3. The fourth-order valence-electron chi connectivity index (χ4n) is 2.71. The lowest BCUT2D eigenvalue weighted by Crippen LogP contribution is -2.48. The van der Waals surface area contributed by atoms with E-state index in [1.165, 1.54) is 24.3 Å². The second kappa shape index (κ2) is 7.65. The van der Waals surface area contributed by atoms with Crippen LogP contribution in [0.1, 0.15) is 31.2 Å². The summed E-state index contributed by atoms with van der Waals surface area (Å²) in [6.07, 6.45) is -3.55. The maximum absolute atomic E-state index is 12.5. The van der Waals surface area contributed by atoms with Gasteiger partial charge in [-0.15, -0.1) is 0 Å². The molecular weight excluding hydrogens is 325 g/mol. The zero-order chi connectivity index (χ0) is 17.7. The second-order valence-corrected chi connectivity index (χ2v) is 5.83. The van der Waals surface area contributed by atoms with Crippen molar-refractivity contribution in [1.29, 1.82) is 0 Å². The van der Waals surface area contributed by atoms with E-state index in [1.54, 1.807) is 0 Å². The quantitative estimate of drug-likeness (QED) is 0.735. The number of nitrogens with one attached hydrogen (secondary N) is 2. The summed E-state index contributed by atoms with van der Waals surface area (Å²) in [4.78, 5) is 23.8. The van der Waals surface area contributed by atoms with Crippen LogP contribution in [0.15, 0.2) is 24.3 Å². The second-order valence-electron chi connectivity index (χ2n) is 5.83. The summed E-state index contributed by atoms with van der Waals surface area (Å²) in [5, 5.41) is 14.4. The Morgan fingerprint density at radius 3 is 2.46 bits per heavy atom. The molecule has 0 saturated heterocycles. The molecule has 0 bridgehead atoms. The molecule has 2 rings (SSSR count). The predicted octanol–water partition coefficient (Wildman–Crippen LogP) is 2.15. The highest BCUT2D eigenvalue weighted by molar-refractivity contribution is 6.39. The summed E-state index contributed by atoms with van der Waals surface area (Å²) in [6, 6.07) is 4.93. The Kier molecular flexibility index (Phi) is 5.82. The Morgan fingerprint density at radius 2 is 1.79 bits per heavy atom. The Bertz CT molecular complexity index is 604. The molecule has 1 fully saturated rings. The van der Waals surface area contributed by atoms with Crippen LogP contribution in [-0.4, -0.2) is 35.2 Å². The van der Waals surface area contributed by atoms with Crippen LogP contribution in [0.25, 0.3) is 0 Å². The first kappa shape index (κ1) is 18.3. The highest BCUT2D eigenvalue weighted by atomic mass is 19.4. The molecule has 0 heterocycles. The first-order valence-corrected chi connectivity index (χ1v) is 7.71. The summed E-state index contributed by atoms with van der Waals surface area (Å²) in [5.41, 5.74) is -0.178. The van der Waals surface area contributed by atoms with E-state index in [1.807, 2.05) is 0 Å². The Balaban J connectivity index is 2.00. The maximum atomic E-state index is 12.5. The lowest BCUT2D eigenvalue weighted by molar-refractivity contribution is -0.137. The third kappa shape index (κ3) is 5.23. The third-order valence-electron chi connectivity index (χ3n) is 3.91. The van der Waals surface area contributed by atoms with Gasteiger partial charge in [0.2, 0.25) is 0 Å². The first-order valence-electron chi connectivity index (χ1n) is 7.71. The van der Waals surface area contributed by atoms with Crippen molar-refractivity contribution in [2.75, 3.05) is 5.32 Å². The molecule has 2 amide bonds. The van der Waals surface area contributed by atoms with Gasteiger partial charge in [0, 0.05) is 5.69 Å². The lowest BCUT2D eigenvalue weighted by Gasteiger charge is -2.28. The number of anilines is 1. The van der Waals surface area contributed by atoms with Crippen LogP contribution in [0.4, 0.5) is 18.9 Å². The van der Waals surface area contributed by atoms with Crippen molar-refractivity contribution < 1.29 is 27.9 Å². The van der Waals surface area contributed by atoms with Crippen molar-refractivity contribution in [2.24, 2.45) is 0 Å². The molecule has 24 heavy (non-hydrogen) atoms. The number of alkyl halides is 3. The molecule has 1 aromatic rings. The van der Waals surface area contributed by atoms with Gasteiger partial charge in [-0.1, -0.05) is 31.0 Å². The minimum absolute atomic E-state index is 0.0563. The van der Waals surface area contributed by atoms with Crippen molar-refractivity contribution in [3.05, 3.63) is 29.8 Å². The molecule has 1 aromatic carbocycles. The maximum Gasteiger partial charge on any atom is 0.393 e. The summed E-state index contributed by atoms with van der Waals surface area (Å²) < 4.78 is 37.6. The number of hydrogen-bond donors (Lipinski definition) is 3. The Hall–Kier alpha value is -2.09. The van der Waals surface area contributed by atoms with Gasteiger partial charge >= 0.3 is 18.0 Å². The number of amides is 2. The highest BCUT2D eigenvalue weighted by Gasteiger charge is 2.30. The molecule has 5 nitrogen and oxygen atoms in total. The van der Waals surface area contributed by atoms with Gasteiger partial charge in [0.05, 0.1) is 18.6 Å². The molecule has 0 aliphatic heterocycles. The summed E-state index contributed by atoms with van der Waals surface area (Å²) in [6.45, 7) is 0. The average Bonchev–Trinajstić information content (AvgIpc) is 2.50. The van der Waals surface area contributed by atoms with Crippen LogP contribution >= 0.6 is 0 Å². The number of rotatable bonds is 3. The number of aliphatic hydroxyl groups excluding tert-OH is 1. The number of para-hydroxylation sites is 1. The lowest BCUT2D eigenvalue weighted by atomic mass is 9.92. The fraction of sp³-hybridized carbons (Fsp3) is 0.500. The minimum Gasteiger partial charge on any atom is -0.391 e. The third-order valence-corrected chi connectivity index (χ3v) is 3.91. The van der Waals surface area contributed by atoms with E-state index in [-0.39, 0.29) is 11.3 Å². The summed E-state index contributed by atoms with van der Waals surface area (Å²) in [5.74, 6) is -2.02. The van der Waals surface area contributed by atoms with E-state index >= 15 is 0 Å². The van der Waals surface area contributed by atoms with E-state index in [2.05, 4.69) is 10.6 Å². The van der Waals surface area contributed by atoms with E-state index in [0.717, 1.165) is 12.8 Å². The molecule has 1 saturated carbocycles. The van der Waals surface area contributed by atoms with Crippen molar-refractivity contribution in [2.45, 2.75) is 50.4 Å². The van der Waals surface area contributed by atoms with Gasteiger partial charge < -0.3 is 15.7 Å². The smallest absolute Gasteiger partial charge is 0.391 e. The molecule has 8 heteroatoms. The molecule has 3 N–H and O–H groups in total.